The Hall–Kier alpha value is -1.90. The summed E-state index contributed by atoms with van der Waals surface area (Å²) in [6, 6.07) is 9.18. The summed E-state index contributed by atoms with van der Waals surface area (Å²) in [5, 5.41) is 18.4. The Labute approximate surface area is 174 Å². The lowest BCUT2D eigenvalue weighted by Crippen LogP contribution is -2.49. The fourth-order valence-electron chi connectivity index (χ4n) is 3.05. The molecule has 1 fully saturated rings. The van der Waals surface area contributed by atoms with Gasteiger partial charge < -0.3 is 19.1 Å². The molecular weight excluding hydrogens is 367 g/mol. The summed E-state index contributed by atoms with van der Waals surface area (Å²) in [7, 11) is 0.486. The summed E-state index contributed by atoms with van der Waals surface area (Å²) in [5.41, 5.74) is 0.893. The normalized spacial score (nSPS) is 16.3. The second-order valence-corrected chi connectivity index (χ2v) is 8.77. The number of aromatic nitrogens is 2. The first-order valence-corrected chi connectivity index (χ1v) is 10.4. The molecule has 7 nitrogen and oxygen atoms in total. The molecule has 0 saturated carbocycles. The van der Waals surface area contributed by atoms with Crippen LogP contribution in [0.2, 0.25) is 0 Å². The van der Waals surface area contributed by atoms with Crippen LogP contribution < -0.4 is 10.4 Å². The van der Waals surface area contributed by atoms with Crippen LogP contribution in [0.25, 0.3) is 0 Å². The quantitative estimate of drug-likeness (QED) is 0.673. The van der Waals surface area contributed by atoms with E-state index >= 15 is 0 Å². The van der Waals surface area contributed by atoms with Gasteiger partial charge in [-0.25, -0.2) is 0 Å². The predicted octanol–water partition coefficient (Wildman–Crippen LogP) is 1.50. The van der Waals surface area contributed by atoms with Crippen molar-refractivity contribution in [2.75, 3.05) is 31.1 Å². The number of piperazine rings is 1. The molecule has 0 aliphatic carbocycles. The third-order valence-corrected chi connectivity index (χ3v) is 5.90. The molecule has 158 valence electrons. The van der Waals surface area contributed by atoms with Crippen molar-refractivity contribution >= 4 is 19.0 Å². The van der Waals surface area contributed by atoms with E-state index in [0.717, 1.165) is 44.6 Å². The smallest absolute Gasteiger partial charge is 0.318 e. The van der Waals surface area contributed by atoms with Crippen LogP contribution in [0.1, 0.15) is 46.1 Å². The number of hydrogen-bond donors (Lipinski definition) is 1. The van der Waals surface area contributed by atoms with Crippen molar-refractivity contribution in [2.24, 2.45) is 0 Å². The van der Waals surface area contributed by atoms with Gasteiger partial charge in [0.25, 0.3) is 0 Å². The van der Waals surface area contributed by atoms with E-state index in [1.54, 1.807) is 13.8 Å². The van der Waals surface area contributed by atoms with Crippen molar-refractivity contribution in [1.29, 1.82) is 0 Å². The lowest BCUT2D eigenvalue weighted by atomic mass is 9.82. The van der Waals surface area contributed by atoms with E-state index in [9.17, 15) is 5.11 Å². The maximum absolute atomic E-state index is 10.2. The molecule has 1 saturated heterocycles. The molecule has 0 bridgehead atoms. The van der Waals surface area contributed by atoms with Gasteiger partial charge in [-0.15, -0.1) is 5.10 Å². The molecule has 1 aliphatic heterocycles. The molecule has 0 spiro atoms. The Bertz CT molecular complexity index is 778. The average molecular weight is 400 g/mol. The Morgan fingerprint density at radius 3 is 2.28 bits per heavy atom. The highest BCUT2D eigenvalue weighted by Crippen LogP contribution is 2.24. The summed E-state index contributed by atoms with van der Waals surface area (Å²) < 4.78 is 11.6. The molecule has 1 aromatic carbocycles. The first kappa shape index (κ1) is 21.8. The van der Waals surface area contributed by atoms with Gasteiger partial charge in [0.15, 0.2) is 0 Å². The standard InChI is InChI=1S/C21H33BN4O3/c1-6-18-23-24-19(28-18)26-13-11-25(12-14-26)15-16-7-9-17(10-8-16)22-29-21(4,5)20(2,3)27/h7-10,22,27H,6,11-15H2,1-5H3. The van der Waals surface area contributed by atoms with Crippen LogP contribution in [0.15, 0.2) is 28.7 Å². The van der Waals surface area contributed by atoms with Crippen LogP contribution in [0.4, 0.5) is 6.01 Å². The first-order valence-electron chi connectivity index (χ1n) is 10.4. The van der Waals surface area contributed by atoms with Crippen molar-refractivity contribution in [3.8, 4) is 0 Å². The summed E-state index contributed by atoms with van der Waals surface area (Å²) in [4.78, 5) is 4.60. The molecule has 3 rings (SSSR count). The molecule has 0 amide bonds. The van der Waals surface area contributed by atoms with Crippen molar-refractivity contribution in [3.05, 3.63) is 35.7 Å². The van der Waals surface area contributed by atoms with Crippen molar-refractivity contribution in [3.63, 3.8) is 0 Å². The number of rotatable bonds is 8. The third kappa shape index (κ3) is 5.59. The third-order valence-electron chi connectivity index (χ3n) is 5.90. The number of nitrogens with zero attached hydrogens (tertiary/aromatic N) is 4. The van der Waals surface area contributed by atoms with Gasteiger partial charge in [0.2, 0.25) is 5.89 Å². The Balaban J connectivity index is 1.47. The monoisotopic (exact) mass is 400 g/mol. The van der Waals surface area contributed by atoms with E-state index in [-0.39, 0.29) is 0 Å². The van der Waals surface area contributed by atoms with Gasteiger partial charge in [-0.3, -0.25) is 4.90 Å². The molecular formula is C21H33BN4O3. The molecule has 2 heterocycles. The van der Waals surface area contributed by atoms with Gasteiger partial charge in [0.1, 0.15) is 0 Å². The highest BCUT2D eigenvalue weighted by molar-refractivity contribution is 6.47. The largest absolute Gasteiger partial charge is 0.427 e. The Morgan fingerprint density at radius 2 is 1.72 bits per heavy atom. The number of anilines is 1. The number of aryl methyl sites for hydroxylation is 1. The lowest BCUT2D eigenvalue weighted by Gasteiger charge is -2.37. The van der Waals surface area contributed by atoms with Crippen LogP contribution in [0.5, 0.6) is 0 Å². The molecule has 0 radical (unpaired) electrons. The van der Waals surface area contributed by atoms with Crippen molar-refractivity contribution in [1.82, 2.24) is 15.1 Å². The van der Waals surface area contributed by atoms with Crippen LogP contribution in [0.3, 0.4) is 0 Å². The van der Waals surface area contributed by atoms with E-state index in [1.807, 2.05) is 20.8 Å². The Morgan fingerprint density at radius 1 is 1.07 bits per heavy atom. The number of aliphatic hydroxyl groups is 1. The minimum atomic E-state index is -0.894. The molecule has 1 N–H and O–H groups in total. The maximum Gasteiger partial charge on any atom is 0.318 e. The minimum Gasteiger partial charge on any atom is -0.427 e. The zero-order valence-corrected chi connectivity index (χ0v) is 18.3. The van der Waals surface area contributed by atoms with Gasteiger partial charge in [0.05, 0.1) is 11.2 Å². The van der Waals surface area contributed by atoms with Crippen LogP contribution in [-0.4, -0.2) is 65.1 Å². The average Bonchev–Trinajstić information content (AvgIpc) is 3.16. The van der Waals surface area contributed by atoms with E-state index < -0.39 is 11.2 Å². The second-order valence-electron chi connectivity index (χ2n) is 8.77. The van der Waals surface area contributed by atoms with E-state index in [2.05, 4.69) is 44.3 Å². The van der Waals surface area contributed by atoms with Gasteiger partial charge in [-0.05, 0) is 33.3 Å². The van der Waals surface area contributed by atoms with Gasteiger partial charge in [-0.2, -0.15) is 0 Å². The molecule has 0 unspecified atom stereocenters. The molecule has 0 atom stereocenters. The van der Waals surface area contributed by atoms with Gasteiger partial charge >= 0.3 is 13.5 Å². The number of benzene rings is 1. The molecule has 29 heavy (non-hydrogen) atoms. The SMILES string of the molecule is CCc1nnc(N2CCN(Cc3ccc(BOC(C)(C)C(C)(C)O)cc3)CC2)o1. The molecule has 8 heteroatoms. The molecule has 2 aromatic rings. The molecule has 1 aliphatic rings. The van der Waals surface area contributed by atoms with Crippen molar-refractivity contribution in [2.45, 2.75) is 58.8 Å². The van der Waals surface area contributed by atoms with E-state index in [1.165, 1.54) is 5.56 Å². The van der Waals surface area contributed by atoms with Crippen molar-refractivity contribution < 1.29 is 14.2 Å². The summed E-state index contributed by atoms with van der Waals surface area (Å²) in [6.45, 7) is 14.0. The zero-order valence-electron chi connectivity index (χ0n) is 18.3. The maximum atomic E-state index is 10.2. The first-order chi connectivity index (χ1) is 13.7. The second kappa shape index (κ2) is 8.85. The van der Waals surface area contributed by atoms with Crippen LogP contribution >= 0.6 is 0 Å². The highest BCUT2D eigenvalue weighted by Gasteiger charge is 2.35. The lowest BCUT2D eigenvalue weighted by molar-refractivity contribution is -0.0893. The Kier molecular flexibility index (Phi) is 6.66. The summed E-state index contributed by atoms with van der Waals surface area (Å²) in [6.07, 6.45) is 0.767. The highest BCUT2D eigenvalue weighted by atomic mass is 16.5. The van der Waals surface area contributed by atoms with Gasteiger partial charge in [-0.1, -0.05) is 41.8 Å². The van der Waals surface area contributed by atoms with E-state index in [4.69, 9.17) is 9.07 Å². The number of hydrogen-bond acceptors (Lipinski definition) is 7. The molecule has 1 aromatic heterocycles. The zero-order chi connectivity index (χ0) is 21.1. The topological polar surface area (TPSA) is 74.9 Å². The fourth-order valence-corrected chi connectivity index (χ4v) is 3.05. The van der Waals surface area contributed by atoms with E-state index in [0.29, 0.717) is 19.4 Å². The van der Waals surface area contributed by atoms with Crippen LogP contribution in [-0.2, 0) is 17.6 Å². The van der Waals surface area contributed by atoms with Gasteiger partial charge in [0, 0.05) is 39.1 Å². The predicted molar refractivity (Wildman–Crippen MR) is 116 cm³/mol. The summed E-state index contributed by atoms with van der Waals surface area (Å²) >= 11 is 0. The fraction of sp³-hybridized carbons (Fsp3) is 0.619. The van der Waals surface area contributed by atoms with Crippen LogP contribution in [0, 0.1) is 0 Å². The summed E-state index contributed by atoms with van der Waals surface area (Å²) in [5.74, 6) is 0.692. The minimum absolute atomic E-state index is 0.486.